The van der Waals surface area contributed by atoms with Gasteiger partial charge in [-0.3, -0.25) is 24.0 Å². The van der Waals surface area contributed by atoms with Crippen molar-refractivity contribution in [1.29, 1.82) is 0 Å². The van der Waals surface area contributed by atoms with Gasteiger partial charge in [0.2, 0.25) is 23.6 Å². The van der Waals surface area contributed by atoms with Crippen LogP contribution in [0.1, 0.15) is 116 Å². The third-order valence-electron chi connectivity index (χ3n) is 13.2. The monoisotopic (exact) mass is 862 g/mol. The van der Waals surface area contributed by atoms with Crippen molar-refractivity contribution >= 4 is 36.7 Å². The number of unbranched alkanes of at least 4 members (excludes halogenated alkanes) is 2. The maximum atomic E-state index is 13.7. The van der Waals surface area contributed by atoms with Crippen molar-refractivity contribution in [3.8, 4) is 11.4 Å². The van der Waals surface area contributed by atoms with Crippen molar-refractivity contribution < 1.29 is 38.4 Å². The van der Waals surface area contributed by atoms with E-state index in [0.29, 0.717) is 37.0 Å². The van der Waals surface area contributed by atoms with Crippen molar-refractivity contribution in [3.05, 3.63) is 47.8 Å². The first-order chi connectivity index (χ1) is 29.4. The normalized spacial score (nSPS) is 23.9. The summed E-state index contributed by atoms with van der Waals surface area (Å²) >= 11 is 0. The number of aromatic nitrogens is 2. The minimum atomic E-state index is -1.51. The number of carbonyl (C=O) groups excluding carboxylic acids is 5. The van der Waals surface area contributed by atoms with Gasteiger partial charge >= 0.3 is 7.12 Å². The maximum Gasteiger partial charge on any atom is 0.481 e. The van der Waals surface area contributed by atoms with E-state index in [1.54, 1.807) is 0 Å². The molecular weight excluding hydrogens is 793 g/mol. The van der Waals surface area contributed by atoms with Gasteiger partial charge in [0.15, 0.2) is 5.82 Å². The van der Waals surface area contributed by atoms with Crippen molar-refractivity contribution in [1.82, 2.24) is 36.6 Å². The van der Waals surface area contributed by atoms with E-state index in [0.717, 1.165) is 37.7 Å². The van der Waals surface area contributed by atoms with Gasteiger partial charge in [-0.2, -0.15) is 0 Å². The van der Waals surface area contributed by atoms with Crippen LogP contribution in [0.15, 0.2) is 36.7 Å². The summed E-state index contributed by atoms with van der Waals surface area (Å²) in [6, 6.07) is 3.09. The summed E-state index contributed by atoms with van der Waals surface area (Å²) in [6.07, 6.45) is 7.94. The predicted molar refractivity (Wildman–Crippen MR) is 235 cm³/mol. The molecule has 6 rings (SSSR count). The van der Waals surface area contributed by atoms with Crippen molar-refractivity contribution in [2.75, 3.05) is 13.1 Å². The lowest BCUT2D eigenvalue weighted by Crippen LogP contribution is -2.65. The van der Waals surface area contributed by atoms with E-state index >= 15 is 0 Å². The van der Waals surface area contributed by atoms with Crippen molar-refractivity contribution in [3.63, 3.8) is 0 Å². The van der Waals surface area contributed by atoms with Gasteiger partial charge in [-0.05, 0) is 115 Å². The number of aliphatic hydroxyl groups excluding tert-OH is 1. The number of hydrogen-bond acceptors (Lipinski definition) is 12. The number of nitrogens with zero attached hydrogens (tertiary/aromatic N) is 2. The first kappa shape index (κ1) is 48.5. The van der Waals surface area contributed by atoms with E-state index < -0.39 is 78.5 Å². The van der Waals surface area contributed by atoms with Gasteiger partial charge in [0.05, 0.1) is 29.3 Å². The molecule has 0 radical (unpaired) electrons. The molecule has 0 spiro atoms. The van der Waals surface area contributed by atoms with Crippen LogP contribution in [0.2, 0.25) is 0 Å². The fourth-order valence-corrected chi connectivity index (χ4v) is 9.07. The maximum absolute atomic E-state index is 13.7. The number of rotatable bonds is 22. The summed E-state index contributed by atoms with van der Waals surface area (Å²) < 4.78 is 12.9. The lowest BCUT2D eigenvalue weighted by atomic mass is 9.43. The smallest absolute Gasteiger partial charge is 0.404 e. The topological polar surface area (TPSA) is 262 Å². The second kappa shape index (κ2) is 21.3. The summed E-state index contributed by atoms with van der Waals surface area (Å²) in [7, 11) is -0.655. The van der Waals surface area contributed by atoms with Gasteiger partial charge in [0.1, 0.15) is 24.2 Å². The largest absolute Gasteiger partial charge is 0.481 e. The molecule has 2 heterocycles. The van der Waals surface area contributed by atoms with Gasteiger partial charge in [-0.25, -0.2) is 9.97 Å². The molecule has 17 nitrogen and oxygen atoms in total. The van der Waals surface area contributed by atoms with Crippen LogP contribution < -0.4 is 38.1 Å². The first-order valence-corrected chi connectivity index (χ1v) is 22.3. The molecule has 10 atom stereocenters. The molecule has 10 unspecified atom stereocenters. The second-order valence-corrected chi connectivity index (χ2v) is 18.1. The lowest BCUT2D eigenvalue weighted by Gasteiger charge is -2.64. The molecule has 1 aromatic heterocycles. The number of aryl methyl sites for hydroxylation is 1. The average molecular weight is 862 g/mol. The molecule has 10 N–H and O–H groups in total. The minimum Gasteiger partial charge on any atom is -0.404 e. The number of amides is 5. The van der Waals surface area contributed by atoms with Crippen molar-refractivity contribution in [2.24, 2.45) is 28.7 Å². The molecule has 18 heteroatoms. The quantitative estimate of drug-likeness (QED) is 0.0622. The van der Waals surface area contributed by atoms with Crippen LogP contribution in [0.4, 0.5) is 0 Å². The molecule has 1 saturated heterocycles. The van der Waals surface area contributed by atoms with Crippen molar-refractivity contribution in [2.45, 2.75) is 154 Å². The molecule has 1 aromatic carbocycles. The van der Waals surface area contributed by atoms with Gasteiger partial charge in [0.25, 0.3) is 5.91 Å². The van der Waals surface area contributed by atoms with Crippen LogP contribution in [0.25, 0.3) is 11.4 Å². The zero-order valence-corrected chi connectivity index (χ0v) is 37.4. The molecule has 3 saturated carbocycles. The fourth-order valence-electron chi connectivity index (χ4n) is 9.07. The Morgan fingerprint density at radius 2 is 1.48 bits per heavy atom. The zero-order chi connectivity index (χ0) is 45.4. The molecule has 340 valence electrons. The van der Waals surface area contributed by atoms with E-state index in [1.165, 1.54) is 31.8 Å². The molecule has 2 aromatic rings. The molecule has 2 bridgehead atoms. The SMILES string of the molecule is CCCCc1ccc(-c2ncc(C(=O)NC(CCN)C(=O)NC(C(=O)NC(C)C(=O)NC(CCCCN)C(=O)NC(C)B3OC4CC5CC(C5(C)C)C4(C)O3)C(C)O)cn2)cc1. The minimum absolute atomic E-state index is 0.0120. The Bertz CT molecular complexity index is 1870. The van der Waals surface area contributed by atoms with E-state index in [4.69, 9.17) is 20.8 Å². The fraction of sp³-hybridized carbons (Fsp3) is 0.659. The van der Waals surface area contributed by atoms with Gasteiger partial charge < -0.3 is 52.5 Å². The Kier molecular flexibility index (Phi) is 16.6. The number of carbonyl (C=O) groups is 5. The zero-order valence-electron chi connectivity index (χ0n) is 37.4. The van der Waals surface area contributed by atoms with Crippen LogP contribution in [0.3, 0.4) is 0 Å². The highest BCUT2D eigenvalue weighted by molar-refractivity contribution is 6.47. The summed E-state index contributed by atoms with van der Waals surface area (Å²) in [5.41, 5.74) is 13.3. The van der Waals surface area contributed by atoms with Gasteiger partial charge in [0, 0.05) is 18.0 Å². The Hall–Kier alpha value is -4.49. The Morgan fingerprint density at radius 3 is 2.10 bits per heavy atom. The Balaban J connectivity index is 1.15. The molecule has 4 fully saturated rings. The van der Waals surface area contributed by atoms with E-state index in [-0.39, 0.29) is 36.5 Å². The number of aliphatic hydroxyl groups is 1. The molecule has 4 aliphatic rings. The lowest BCUT2D eigenvalue weighted by molar-refractivity contribution is -0.199. The summed E-state index contributed by atoms with van der Waals surface area (Å²) in [6.45, 7) is 13.8. The number of benzene rings is 1. The molecule has 1 aliphatic heterocycles. The Morgan fingerprint density at radius 1 is 0.823 bits per heavy atom. The van der Waals surface area contributed by atoms with E-state index in [2.05, 4.69) is 64.2 Å². The van der Waals surface area contributed by atoms with Gasteiger partial charge in [-0.15, -0.1) is 0 Å². The van der Waals surface area contributed by atoms with Gasteiger partial charge in [-0.1, -0.05) is 51.5 Å². The van der Waals surface area contributed by atoms with Crippen LogP contribution in [-0.4, -0.2) is 113 Å². The van der Waals surface area contributed by atoms with Crippen LogP contribution >= 0.6 is 0 Å². The number of hydrogen-bond donors (Lipinski definition) is 8. The highest BCUT2D eigenvalue weighted by atomic mass is 16.7. The molecular formula is C44H68BN9O8. The molecule has 62 heavy (non-hydrogen) atoms. The predicted octanol–water partition coefficient (Wildman–Crippen LogP) is 1.69. The molecule has 5 amide bonds. The van der Waals surface area contributed by atoms with E-state index in [1.807, 2.05) is 31.2 Å². The van der Waals surface area contributed by atoms with E-state index in [9.17, 15) is 29.1 Å². The second-order valence-electron chi connectivity index (χ2n) is 18.1. The summed E-state index contributed by atoms with van der Waals surface area (Å²) in [4.78, 5) is 76.0. The van der Waals surface area contributed by atoms with Crippen LogP contribution in [-0.2, 0) is 34.9 Å². The average Bonchev–Trinajstić information content (AvgIpc) is 3.61. The Labute approximate surface area is 365 Å². The highest BCUT2D eigenvalue weighted by Gasteiger charge is 2.68. The number of nitrogens with two attached hydrogens (primary N) is 2. The summed E-state index contributed by atoms with van der Waals surface area (Å²) in [5.74, 6) is -2.52. The molecule has 3 aliphatic carbocycles. The van der Waals surface area contributed by atoms with Crippen LogP contribution in [0.5, 0.6) is 0 Å². The number of nitrogens with one attached hydrogen (secondary N) is 5. The third-order valence-corrected chi connectivity index (χ3v) is 13.2. The standard InChI is InChI=1S/C44H68BN9O8/c1-8-9-12-28-14-16-29(17-15-28)37-48-23-30(24-49-37)39(57)53-33(18-20-47)41(59)54-36(26(3)55)42(60)50-25(2)38(56)52-32(13-10-11-19-46)40(58)51-27(4)45-61-35-22-31-21-34(43(31,5)6)44(35,7)62-45/h14-17,23-27,31-36,55H,8-13,18-22,46-47H2,1-7H3,(H,50,60)(H,51,58)(H,52,56)(H,53,57)(H,54,59). The third kappa shape index (κ3) is 11.4. The highest BCUT2D eigenvalue weighted by Crippen LogP contribution is 2.65. The summed E-state index contributed by atoms with van der Waals surface area (Å²) in [5, 5.41) is 23.9. The first-order valence-electron chi connectivity index (χ1n) is 22.3. The van der Waals surface area contributed by atoms with Crippen LogP contribution in [0, 0.1) is 17.3 Å².